The number of carbonyl (C=O) groups is 1. The smallest absolute Gasteiger partial charge is 0.254 e. The number of morpholine rings is 1. The van der Waals surface area contributed by atoms with Gasteiger partial charge < -0.3 is 14.6 Å². The Hall–Kier alpha value is -4.99. The first-order valence-electron chi connectivity index (χ1n) is 11.4. The Balaban J connectivity index is 1.31. The van der Waals surface area contributed by atoms with Crippen molar-refractivity contribution in [3.8, 4) is 29.2 Å². The quantitative estimate of drug-likeness (QED) is 0.395. The minimum atomic E-state index is 0.00706. The highest BCUT2D eigenvalue weighted by Crippen LogP contribution is 2.20. The zero-order valence-corrected chi connectivity index (χ0v) is 19.1. The first-order valence-corrected chi connectivity index (χ1v) is 11.4. The van der Waals surface area contributed by atoms with Gasteiger partial charge in [-0.25, -0.2) is 14.5 Å². The standard InChI is InChI=1S/C27H19N7O2/c28-16-21-15-20(23-9-10-29-26(23)31-21)5-6-22-17-30-25-8-7-24(32-34(22)25)18-1-3-19(4-2-18)27(35)33-11-13-36-14-12-33/h1-4,7-10,15,17H,11-14H2,(H,29,31). The molecule has 1 saturated heterocycles. The average Bonchev–Trinajstić information content (AvgIpc) is 3.58. The van der Waals surface area contributed by atoms with Gasteiger partial charge in [0.15, 0.2) is 5.65 Å². The molecule has 1 N–H and O–H groups in total. The molecule has 1 aliphatic heterocycles. The fourth-order valence-electron chi connectivity index (χ4n) is 4.17. The number of ether oxygens (including phenoxy) is 1. The molecule has 4 aromatic heterocycles. The number of hydrogen-bond donors (Lipinski definition) is 1. The molecule has 1 aliphatic rings. The molecule has 6 rings (SSSR count). The molecule has 5 heterocycles. The molecule has 174 valence electrons. The summed E-state index contributed by atoms with van der Waals surface area (Å²) < 4.78 is 7.02. The van der Waals surface area contributed by atoms with Gasteiger partial charge >= 0.3 is 0 Å². The number of amides is 1. The van der Waals surface area contributed by atoms with Gasteiger partial charge in [0.25, 0.3) is 5.91 Å². The van der Waals surface area contributed by atoms with Crippen LogP contribution in [0.5, 0.6) is 0 Å². The number of nitrogens with one attached hydrogen (secondary N) is 1. The molecule has 36 heavy (non-hydrogen) atoms. The molecule has 0 radical (unpaired) electrons. The van der Waals surface area contributed by atoms with E-state index >= 15 is 0 Å². The molecule has 0 unspecified atom stereocenters. The number of aromatic amines is 1. The van der Waals surface area contributed by atoms with Gasteiger partial charge in [-0.3, -0.25) is 4.79 Å². The van der Waals surface area contributed by atoms with Gasteiger partial charge in [-0.1, -0.05) is 18.1 Å². The molecule has 9 nitrogen and oxygen atoms in total. The van der Waals surface area contributed by atoms with Gasteiger partial charge in [-0.05, 0) is 42.3 Å². The van der Waals surface area contributed by atoms with Crippen LogP contribution < -0.4 is 0 Å². The normalized spacial score (nSPS) is 13.4. The SMILES string of the molecule is N#Cc1cc(C#Cc2cnc3ccc(-c4ccc(C(=O)N5CCOCC5)cc4)nn23)c2cc[nH]c2n1. The maximum Gasteiger partial charge on any atom is 0.254 e. The lowest BCUT2D eigenvalue weighted by molar-refractivity contribution is 0.0303. The fourth-order valence-corrected chi connectivity index (χ4v) is 4.17. The van der Waals surface area contributed by atoms with Crippen LogP contribution in [-0.4, -0.2) is 61.7 Å². The Morgan fingerprint density at radius 2 is 1.89 bits per heavy atom. The van der Waals surface area contributed by atoms with Crippen molar-refractivity contribution in [3.63, 3.8) is 0 Å². The summed E-state index contributed by atoms with van der Waals surface area (Å²) in [6.07, 6.45) is 3.44. The van der Waals surface area contributed by atoms with Crippen molar-refractivity contribution in [2.75, 3.05) is 26.3 Å². The molecule has 0 atom stereocenters. The highest BCUT2D eigenvalue weighted by atomic mass is 16.5. The summed E-state index contributed by atoms with van der Waals surface area (Å²) in [4.78, 5) is 26.2. The number of nitrogens with zero attached hydrogens (tertiary/aromatic N) is 6. The van der Waals surface area contributed by atoms with Gasteiger partial charge in [0.05, 0.1) is 25.1 Å². The highest BCUT2D eigenvalue weighted by molar-refractivity contribution is 5.94. The summed E-state index contributed by atoms with van der Waals surface area (Å²) in [6.45, 7) is 2.35. The third-order valence-electron chi connectivity index (χ3n) is 6.06. The fraction of sp³-hybridized carbons (Fsp3) is 0.148. The van der Waals surface area contributed by atoms with Crippen LogP contribution in [0.4, 0.5) is 0 Å². The van der Waals surface area contributed by atoms with Gasteiger partial charge in [0, 0.05) is 41.4 Å². The molecular formula is C27H19N7O2. The van der Waals surface area contributed by atoms with Crippen LogP contribution in [0.25, 0.3) is 27.9 Å². The number of carbonyl (C=O) groups excluding carboxylic acids is 1. The molecule has 5 aromatic rings. The van der Waals surface area contributed by atoms with Crippen molar-refractivity contribution in [2.24, 2.45) is 0 Å². The minimum absolute atomic E-state index is 0.00706. The van der Waals surface area contributed by atoms with Crippen LogP contribution in [0.2, 0.25) is 0 Å². The second kappa shape index (κ2) is 8.99. The lowest BCUT2D eigenvalue weighted by atomic mass is 10.1. The number of H-pyrrole nitrogens is 1. The first kappa shape index (κ1) is 21.5. The third-order valence-corrected chi connectivity index (χ3v) is 6.06. The molecule has 0 bridgehead atoms. The van der Waals surface area contributed by atoms with Crippen molar-refractivity contribution >= 4 is 22.6 Å². The van der Waals surface area contributed by atoms with Gasteiger partial charge in [-0.2, -0.15) is 10.4 Å². The predicted molar refractivity (Wildman–Crippen MR) is 132 cm³/mol. The molecule has 1 amide bonds. The number of nitriles is 1. The molecule has 0 aliphatic carbocycles. The maximum atomic E-state index is 12.7. The van der Waals surface area contributed by atoms with E-state index in [1.54, 1.807) is 23.0 Å². The first-order chi connectivity index (χ1) is 17.7. The third kappa shape index (κ3) is 3.94. The largest absolute Gasteiger partial charge is 0.378 e. The van der Waals surface area contributed by atoms with E-state index in [2.05, 4.69) is 32.9 Å². The van der Waals surface area contributed by atoms with E-state index in [4.69, 9.17) is 9.84 Å². The predicted octanol–water partition coefficient (Wildman–Crippen LogP) is 3.02. The van der Waals surface area contributed by atoms with Crippen molar-refractivity contribution in [1.29, 1.82) is 5.26 Å². The van der Waals surface area contributed by atoms with E-state index in [-0.39, 0.29) is 5.91 Å². The topological polar surface area (TPSA) is 112 Å². The Morgan fingerprint density at radius 3 is 2.69 bits per heavy atom. The zero-order valence-electron chi connectivity index (χ0n) is 19.1. The Bertz CT molecular complexity index is 1710. The van der Waals surface area contributed by atoms with Crippen LogP contribution >= 0.6 is 0 Å². The number of imidazole rings is 1. The average molecular weight is 473 g/mol. The van der Waals surface area contributed by atoms with E-state index in [9.17, 15) is 10.1 Å². The van der Waals surface area contributed by atoms with E-state index in [0.717, 1.165) is 16.6 Å². The molecule has 0 saturated carbocycles. The minimum Gasteiger partial charge on any atom is -0.378 e. The van der Waals surface area contributed by atoms with Crippen molar-refractivity contribution in [2.45, 2.75) is 0 Å². The second-order valence-electron chi connectivity index (χ2n) is 8.27. The molecule has 1 fully saturated rings. The number of rotatable bonds is 2. The number of hydrogen-bond acceptors (Lipinski definition) is 6. The van der Waals surface area contributed by atoms with Crippen molar-refractivity contribution < 1.29 is 9.53 Å². The summed E-state index contributed by atoms with van der Waals surface area (Å²) in [6, 6.07) is 16.8. The van der Waals surface area contributed by atoms with Crippen LogP contribution in [0.1, 0.15) is 27.3 Å². The Morgan fingerprint density at radius 1 is 1.06 bits per heavy atom. The monoisotopic (exact) mass is 473 g/mol. The summed E-state index contributed by atoms with van der Waals surface area (Å²) in [5.74, 6) is 6.28. The van der Waals surface area contributed by atoms with Gasteiger partial charge in [0.2, 0.25) is 0 Å². The summed E-state index contributed by atoms with van der Waals surface area (Å²) in [7, 11) is 0. The summed E-state index contributed by atoms with van der Waals surface area (Å²) in [5.41, 5.74) is 5.15. The lowest BCUT2D eigenvalue weighted by Gasteiger charge is -2.26. The van der Waals surface area contributed by atoms with Crippen molar-refractivity contribution in [1.82, 2.24) is 29.5 Å². The van der Waals surface area contributed by atoms with E-state index in [0.29, 0.717) is 60.1 Å². The van der Waals surface area contributed by atoms with Crippen molar-refractivity contribution in [3.05, 3.63) is 83.4 Å². The van der Waals surface area contributed by atoms with E-state index in [1.165, 1.54) is 0 Å². The number of fused-ring (bicyclic) bond motifs is 2. The summed E-state index contributed by atoms with van der Waals surface area (Å²) in [5, 5.41) is 14.9. The zero-order chi connectivity index (χ0) is 24.5. The van der Waals surface area contributed by atoms with Crippen LogP contribution in [0.15, 0.2) is 60.9 Å². The number of benzene rings is 1. The van der Waals surface area contributed by atoms with E-state index < -0.39 is 0 Å². The van der Waals surface area contributed by atoms with Crippen LogP contribution in [0.3, 0.4) is 0 Å². The highest BCUT2D eigenvalue weighted by Gasteiger charge is 2.18. The molecule has 9 heteroatoms. The van der Waals surface area contributed by atoms with Gasteiger partial charge in [-0.15, -0.1) is 0 Å². The number of aromatic nitrogens is 5. The van der Waals surface area contributed by atoms with Crippen LogP contribution in [-0.2, 0) is 4.74 Å². The molecular weight excluding hydrogens is 454 g/mol. The van der Waals surface area contributed by atoms with Crippen LogP contribution in [0, 0.1) is 23.2 Å². The Kier molecular flexibility index (Phi) is 5.38. The lowest BCUT2D eigenvalue weighted by Crippen LogP contribution is -2.40. The molecule has 0 spiro atoms. The van der Waals surface area contributed by atoms with E-state index in [1.807, 2.05) is 47.4 Å². The van der Waals surface area contributed by atoms with Gasteiger partial charge in [0.1, 0.15) is 23.1 Å². The maximum absolute atomic E-state index is 12.7. The number of pyridine rings is 1. The molecule has 1 aromatic carbocycles. The summed E-state index contributed by atoms with van der Waals surface area (Å²) >= 11 is 0. The Labute approximate surface area is 206 Å². The second-order valence-corrected chi connectivity index (χ2v) is 8.27.